The first-order valence-electron chi connectivity index (χ1n) is 8.11. The van der Waals surface area contributed by atoms with E-state index in [0.29, 0.717) is 5.92 Å². The number of hydrogen-bond donors (Lipinski definition) is 2. The second-order valence-electron chi connectivity index (χ2n) is 5.57. The number of benzene rings is 2. The van der Waals surface area contributed by atoms with Crippen LogP contribution in [0.1, 0.15) is 37.3 Å². The van der Waals surface area contributed by atoms with Crippen LogP contribution in [0, 0.1) is 0 Å². The molecular weight excluding hydrogens is 300 g/mol. The second kappa shape index (κ2) is 8.77. The number of para-hydroxylation sites is 2. The Morgan fingerprint density at radius 3 is 2.62 bits per heavy atom. The lowest BCUT2D eigenvalue weighted by atomic mass is 9.97. The van der Waals surface area contributed by atoms with Crippen molar-refractivity contribution in [2.24, 2.45) is 0 Å². The van der Waals surface area contributed by atoms with Gasteiger partial charge in [-0.3, -0.25) is 0 Å². The van der Waals surface area contributed by atoms with Crippen molar-refractivity contribution in [1.29, 1.82) is 0 Å². The molecular formula is C20H24N2O2. The number of rotatable bonds is 6. The van der Waals surface area contributed by atoms with Crippen LogP contribution in [0.5, 0.6) is 5.75 Å². The normalized spacial score (nSPS) is 12.0. The highest BCUT2D eigenvalue weighted by molar-refractivity contribution is 5.91. The molecule has 2 aromatic carbocycles. The number of ether oxygens (including phenoxy) is 1. The summed E-state index contributed by atoms with van der Waals surface area (Å²) < 4.78 is 5.27. The molecule has 0 fully saturated rings. The van der Waals surface area contributed by atoms with Gasteiger partial charge in [0, 0.05) is 17.5 Å². The van der Waals surface area contributed by atoms with Crippen molar-refractivity contribution in [1.82, 2.24) is 5.32 Å². The molecule has 0 saturated heterocycles. The van der Waals surface area contributed by atoms with Crippen LogP contribution in [-0.2, 0) is 0 Å². The Bertz CT molecular complexity index is 710. The van der Waals surface area contributed by atoms with Gasteiger partial charge in [0.15, 0.2) is 0 Å². The van der Waals surface area contributed by atoms with Crippen molar-refractivity contribution >= 4 is 17.8 Å². The Morgan fingerprint density at radius 2 is 1.88 bits per heavy atom. The predicted molar refractivity (Wildman–Crippen MR) is 99.3 cm³/mol. The van der Waals surface area contributed by atoms with Crippen LogP contribution in [0.25, 0.3) is 6.08 Å². The summed E-state index contributed by atoms with van der Waals surface area (Å²) in [7, 11) is 1.62. The maximum atomic E-state index is 12.1. The van der Waals surface area contributed by atoms with Gasteiger partial charge in [0.1, 0.15) is 5.75 Å². The summed E-state index contributed by atoms with van der Waals surface area (Å²) in [6.45, 7) is 4.29. The van der Waals surface area contributed by atoms with Gasteiger partial charge in [-0.2, -0.15) is 0 Å². The lowest BCUT2D eigenvalue weighted by Crippen LogP contribution is -2.24. The van der Waals surface area contributed by atoms with Crippen LogP contribution < -0.4 is 15.4 Å². The standard InChI is InChI=1S/C20H24N2O2/c1-4-15(2)17-10-6-7-11-18(17)22-20(23)21-14-13-16-9-5-8-12-19(16)24-3/h5-15H,4H2,1-3H3,(H2,21,22,23)/b14-13+. The van der Waals surface area contributed by atoms with Gasteiger partial charge in [-0.15, -0.1) is 0 Å². The lowest BCUT2D eigenvalue weighted by molar-refractivity contribution is 0.255. The molecule has 1 atom stereocenters. The molecule has 2 N–H and O–H groups in total. The number of methoxy groups -OCH3 is 1. The lowest BCUT2D eigenvalue weighted by Gasteiger charge is -2.15. The zero-order valence-electron chi connectivity index (χ0n) is 14.4. The minimum absolute atomic E-state index is 0.267. The molecule has 126 valence electrons. The van der Waals surface area contributed by atoms with Crippen molar-refractivity contribution in [2.45, 2.75) is 26.2 Å². The monoisotopic (exact) mass is 324 g/mol. The summed E-state index contributed by atoms with van der Waals surface area (Å²) in [5, 5.41) is 5.64. The Labute approximate surface area is 143 Å². The summed E-state index contributed by atoms with van der Waals surface area (Å²) in [5.41, 5.74) is 2.89. The van der Waals surface area contributed by atoms with Crippen molar-refractivity contribution < 1.29 is 9.53 Å². The second-order valence-corrected chi connectivity index (χ2v) is 5.57. The fourth-order valence-corrected chi connectivity index (χ4v) is 2.43. The highest BCUT2D eigenvalue weighted by Crippen LogP contribution is 2.26. The maximum Gasteiger partial charge on any atom is 0.323 e. The first-order valence-corrected chi connectivity index (χ1v) is 8.11. The zero-order chi connectivity index (χ0) is 17.4. The van der Waals surface area contributed by atoms with Crippen LogP contribution >= 0.6 is 0 Å². The van der Waals surface area contributed by atoms with Crippen molar-refractivity contribution in [3.63, 3.8) is 0 Å². The molecule has 0 bridgehead atoms. The van der Waals surface area contributed by atoms with Crippen LogP contribution in [0.4, 0.5) is 10.5 Å². The van der Waals surface area contributed by atoms with E-state index in [4.69, 9.17) is 4.74 Å². The number of carbonyl (C=O) groups is 1. The summed E-state index contributed by atoms with van der Waals surface area (Å²) in [5.74, 6) is 1.16. The maximum absolute atomic E-state index is 12.1. The minimum atomic E-state index is -0.267. The number of hydrogen-bond acceptors (Lipinski definition) is 2. The van der Waals surface area contributed by atoms with Gasteiger partial charge in [0.05, 0.1) is 7.11 Å². The van der Waals surface area contributed by atoms with Gasteiger partial charge < -0.3 is 15.4 Å². The molecule has 0 aliphatic heterocycles. The van der Waals surface area contributed by atoms with E-state index in [1.807, 2.05) is 42.5 Å². The quantitative estimate of drug-likeness (QED) is 0.785. The van der Waals surface area contributed by atoms with Crippen molar-refractivity contribution in [3.05, 3.63) is 65.9 Å². The molecule has 1 unspecified atom stereocenters. The molecule has 2 rings (SSSR count). The third-order valence-electron chi connectivity index (χ3n) is 3.97. The van der Waals surface area contributed by atoms with Crippen LogP contribution in [-0.4, -0.2) is 13.1 Å². The fraction of sp³-hybridized carbons (Fsp3) is 0.250. The molecule has 24 heavy (non-hydrogen) atoms. The summed E-state index contributed by atoms with van der Waals surface area (Å²) in [6.07, 6.45) is 4.44. The average molecular weight is 324 g/mol. The van der Waals surface area contributed by atoms with Gasteiger partial charge in [0.2, 0.25) is 0 Å². The zero-order valence-corrected chi connectivity index (χ0v) is 14.4. The van der Waals surface area contributed by atoms with Crippen LogP contribution in [0.3, 0.4) is 0 Å². The van der Waals surface area contributed by atoms with E-state index in [1.54, 1.807) is 19.4 Å². The van der Waals surface area contributed by atoms with E-state index in [-0.39, 0.29) is 6.03 Å². The molecule has 0 spiro atoms. The third kappa shape index (κ3) is 4.62. The average Bonchev–Trinajstić information content (AvgIpc) is 2.62. The van der Waals surface area contributed by atoms with E-state index in [2.05, 4.69) is 30.5 Å². The van der Waals surface area contributed by atoms with Gasteiger partial charge in [-0.05, 0) is 36.1 Å². The van der Waals surface area contributed by atoms with Gasteiger partial charge >= 0.3 is 6.03 Å². The van der Waals surface area contributed by atoms with Crippen LogP contribution in [0.15, 0.2) is 54.7 Å². The van der Waals surface area contributed by atoms with Gasteiger partial charge in [-0.25, -0.2) is 4.79 Å². The molecule has 0 aliphatic rings. The van der Waals surface area contributed by atoms with Crippen molar-refractivity contribution in [3.8, 4) is 5.75 Å². The molecule has 0 saturated carbocycles. The van der Waals surface area contributed by atoms with Crippen LogP contribution in [0.2, 0.25) is 0 Å². The summed E-state index contributed by atoms with van der Waals surface area (Å²) >= 11 is 0. The van der Waals surface area contributed by atoms with E-state index in [1.165, 1.54) is 0 Å². The molecule has 2 amide bonds. The Hall–Kier alpha value is -2.75. The molecule has 0 aliphatic carbocycles. The predicted octanol–water partition coefficient (Wildman–Crippen LogP) is 5.00. The summed E-state index contributed by atoms with van der Waals surface area (Å²) in [4.78, 5) is 12.1. The van der Waals surface area contributed by atoms with Gasteiger partial charge in [0.25, 0.3) is 0 Å². The number of carbonyl (C=O) groups excluding carboxylic acids is 1. The largest absolute Gasteiger partial charge is 0.496 e. The van der Waals surface area contributed by atoms with E-state index in [0.717, 1.165) is 29.0 Å². The van der Waals surface area contributed by atoms with Gasteiger partial charge in [-0.1, -0.05) is 50.2 Å². The Kier molecular flexibility index (Phi) is 6.43. The molecule has 2 aromatic rings. The summed E-state index contributed by atoms with van der Waals surface area (Å²) in [6, 6.07) is 15.2. The number of urea groups is 1. The minimum Gasteiger partial charge on any atom is -0.496 e. The third-order valence-corrected chi connectivity index (χ3v) is 3.97. The molecule has 0 aromatic heterocycles. The SMILES string of the molecule is CCC(C)c1ccccc1NC(=O)N/C=C/c1ccccc1OC. The highest BCUT2D eigenvalue weighted by Gasteiger charge is 2.10. The first kappa shape index (κ1) is 17.6. The Morgan fingerprint density at radius 1 is 1.17 bits per heavy atom. The number of nitrogens with one attached hydrogen (secondary N) is 2. The van der Waals surface area contributed by atoms with E-state index in [9.17, 15) is 4.79 Å². The smallest absolute Gasteiger partial charge is 0.323 e. The molecule has 4 nitrogen and oxygen atoms in total. The number of anilines is 1. The van der Waals surface area contributed by atoms with E-state index >= 15 is 0 Å². The van der Waals surface area contributed by atoms with E-state index < -0.39 is 0 Å². The molecule has 4 heteroatoms. The molecule has 0 heterocycles. The topological polar surface area (TPSA) is 50.4 Å². The number of amides is 2. The highest BCUT2D eigenvalue weighted by atomic mass is 16.5. The Balaban J connectivity index is 2.00. The first-order chi connectivity index (χ1) is 11.7. The van der Waals surface area contributed by atoms with Crippen molar-refractivity contribution in [2.75, 3.05) is 12.4 Å². The fourth-order valence-electron chi connectivity index (χ4n) is 2.43. The molecule has 0 radical (unpaired) electrons.